The maximum atomic E-state index is 13.7. The Morgan fingerprint density at radius 2 is 2.24 bits per heavy atom. The molecule has 0 saturated heterocycles. The standard InChI is InChI=1S/C17H18FIN4O2/c1-10(12-7-11(18)3-4-14(12)24-6-5-20-2)25-15-9-22-17-16(23-15)13(19)8-21-17/h3-4,7-10,20H,5-6H2,1-2H3,(H,21,22). The summed E-state index contributed by atoms with van der Waals surface area (Å²) < 4.78 is 26.3. The molecule has 0 saturated carbocycles. The summed E-state index contributed by atoms with van der Waals surface area (Å²) in [7, 11) is 1.85. The van der Waals surface area contributed by atoms with Gasteiger partial charge in [0.2, 0.25) is 5.88 Å². The minimum absolute atomic E-state index is 0.340. The molecule has 0 aliphatic rings. The van der Waals surface area contributed by atoms with Gasteiger partial charge in [-0.1, -0.05) is 0 Å². The van der Waals surface area contributed by atoms with Gasteiger partial charge in [0.05, 0.1) is 9.77 Å². The number of hydrogen-bond donors (Lipinski definition) is 2. The Hall–Kier alpha value is -1.94. The molecule has 2 aromatic heterocycles. The quantitative estimate of drug-likeness (QED) is 0.421. The number of halogens is 2. The highest BCUT2D eigenvalue weighted by molar-refractivity contribution is 14.1. The van der Waals surface area contributed by atoms with Crippen molar-refractivity contribution in [3.8, 4) is 11.6 Å². The zero-order chi connectivity index (χ0) is 17.8. The second kappa shape index (κ2) is 7.96. The molecule has 0 aliphatic carbocycles. The number of benzene rings is 1. The number of aromatic nitrogens is 3. The lowest BCUT2D eigenvalue weighted by Crippen LogP contribution is -2.17. The summed E-state index contributed by atoms with van der Waals surface area (Å²) in [6, 6.07) is 4.41. The predicted octanol–water partition coefficient (Wildman–Crippen LogP) is 3.44. The highest BCUT2D eigenvalue weighted by Crippen LogP contribution is 2.30. The third-order valence-electron chi connectivity index (χ3n) is 3.63. The van der Waals surface area contributed by atoms with Crippen LogP contribution < -0.4 is 14.8 Å². The summed E-state index contributed by atoms with van der Waals surface area (Å²) in [6.07, 6.45) is 2.94. The number of ether oxygens (including phenoxy) is 2. The van der Waals surface area contributed by atoms with E-state index in [0.29, 0.717) is 36.0 Å². The SMILES string of the molecule is CNCCOc1ccc(F)cc1C(C)Oc1cnc2[nH]cc(I)c2n1. The molecule has 8 heteroatoms. The number of likely N-dealkylation sites (N-methyl/N-ethyl adjacent to an activating group) is 1. The Morgan fingerprint density at radius 3 is 3.04 bits per heavy atom. The summed E-state index contributed by atoms with van der Waals surface area (Å²) in [5, 5.41) is 3.01. The fourth-order valence-electron chi connectivity index (χ4n) is 2.38. The molecule has 3 aromatic rings. The van der Waals surface area contributed by atoms with Crippen molar-refractivity contribution >= 4 is 33.8 Å². The van der Waals surface area contributed by atoms with Gasteiger partial charge in [-0.2, -0.15) is 0 Å². The van der Waals surface area contributed by atoms with Crippen LogP contribution in [0.2, 0.25) is 0 Å². The molecule has 0 radical (unpaired) electrons. The van der Waals surface area contributed by atoms with Crippen LogP contribution in [0.1, 0.15) is 18.6 Å². The number of H-pyrrole nitrogens is 1. The van der Waals surface area contributed by atoms with Gasteiger partial charge < -0.3 is 19.8 Å². The topological polar surface area (TPSA) is 72.1 Å². The Bertz CT molecular complexity index is 871. The molecule has 3 rings (SSSR count). The van der Waals surface area contributed by atoms with E-state index >= 15 is 0 Å². The third kappa shape index (κ3) is 4.18. The van der Waals surface area contributed by atoms with E-state index < -0.39 is 6.10 Å². The number of rotatable bonds is 7. The molecular formula is C17H18FIN4O2. The first-order chi connectivity index (χ1) is 12.1. The van der Waals surface area contributed by atoms with Crippen molar-refractivity contribution in [2.75, 3.05) is 20.2 Å². The lowest BCUT2D eigenvalue weighted by atomic mass is 10.1. The van der Waals surface area contributed by atoms with Crippen LogP contribution in [0.3, 0.4) is 0 Å². The molecule has 1 aromatic carbocycles. The van der Waals surface area contributed by atoms with Crippen LogP contribution in [0.5, 0.6) is 11.6 Å². The van der Waals surface area contributed by atoms with Crippen molar-refractivity contribution in [1.82, 2.24) is 20.3 Å². The van der Waals surface area contributed by atoms with Crippen LogP contribution in [0.25, 0.3) is 11.2 Å². The fourth-order valence-corrected chi connectivity index (χ4v) is 2.91. The minimum atomic E-state index is -0.441. The van der Waals surface area contributed by atoms with Crippen molar-refractivity contribution in [2.45, 2.75) is 13.0 Å². The van der Waals surface area contributed by atoms with Gasteiger partial charge in [0.15, 0.2) is 5.65 Å². The second-order valence-electron chi connectivity index (χ2n) is 5.44. The third-order valence-corrected chi connectivity index (χ3v) is 4.45. The number of nitrogens with zero attached hydrogens (tertiary/aromatic N) is 2. The van der Waals surface area contributed by atoms with Gasteiger partial charge in [0, 0.05) is 18.3 Å². The highest BCUT2D eigenvalue weighted by atomic mass is 127. The average molecular weight is 456 g/mol. The number of fused-ring (bicyclic) bond motifs is 1. The normalized spacial score (nSPS) is 12.3. The molecule has 0 bridgehead atoms. The fraction of sp³-hybridized carbons (Fsp3) is 0.294. The molecular weight excluding hydrogens is 438 g/mol. The Morgan fingerprint density at radius 1 is 1.40 bits per heavy atom. The average Bonchev–Trinajstić information content (AvgIpc) is 2.97. The molecule has 0 fully saturated rings. The molecule has 2 heterocycles. The second-order valence-corrected chi connectivity index (χ2v) is 6.60. The molecule has 1 atom stereocenters. The van der Waals surface area contributed by atoms with Crippen molar-refractivity contribution in [3.05, 3.63) is 45.5 Å². The van der Waals surface area contributed by atoms with Gasteiger partial charge in [-0.3, -0.25) is 0 Å². The Labute approximate surface area is 158 Å². The minimum Gasteiger partial charge on any atom is -0.492 e. The molecule has 2 N–H and O–H groups in total. The van der Waals surface area contributed by atoms with Gasteiger partial charge >= 0.3 is 0 Å². The van der Waals surface area contributed by atoms with E-state index in [-0.39, 0.29) is 5.82 Å². The summed E-state index contributed by atoms with van der Waals surface area (Å²) in [4.78, 5) is 11.8. The maximum absolute atomic E-state index is 13.7. The van der Waals surface area contributed by atoms with E-state index in [1.165, 1.54) is 12.1 Å². The van der Waals surface area contributed by atoms with Crippen molar-refractivity contribution < 1.29 is 13.9 Å². The van der Waals surface area contributed by atoms with Crippen molar-refractivity contribution in [3.63, 3.8) is 0 Å². The maximum Gasteiger partial charge on any atom is 0.233 e. The van der Waals surface area contributed by atoms with Crippen LogP contribution in [0.15, 0.2) is 30.6 Å². The van der Waals surface area contributed by atoms with Crippen LogP contribution in [-0.4, -0.2) is 35.2 Å². The molecule has 0 amide bonds. The van der Waals surface area contributed by atoms with E-state index in [9.17, 15) is 4.39 Å². The summed E-state index contributed by atoms with van der Waals surface area (Å²) >= 11 is 2.18. The molecule has 6 nitrogen and oxygen atoms in total. The van der Waals surface area contributed by atoms with E-state index in [0.717, 1.165) is 9.09 Å². The first-order valence-electron chi connectivity index (χ1n) is 7.81. The highest BCUT2D eigenvalue weighted by Gasteiger charge is 2.16. The van der Waals surface area contributed by atoms with Crippen LogP contribution in [-0.2, 0) is 0 Å². The zero-order valence-electron chi connectivity index (χ0n) is 13.8. The van der Waals surface area contributed by atoms with Gasteiger partial charge in [0.25, 0.3) is 0 Å². The van der Waals surface area contributed by atoms with Crippen molar-refractivity contribution in [2.24, 2.45) is 0 Å². The molecule has 1 unspecified atom stereocenters. The first-order valence-corrected chi connectivity index (χ1v) is 8.89. The van der Waals surface area contributed by atoms with Crippen LogP contribution in [0, 0.1) is 9.39 Å². The molecule has 25 heavy (non-hydrogen) atoms. The van der Waals surface area contributed by atoms with Gasteiger partial charge in [-0.25, -0.2) is 14.4 Å². The van der Waals surface area contributed by atoms with Crippen LogP contribution >= 0.6 is 22.6 Å². The lowest BCUT2D eigenvalue weighted by molar-refractivity contribution is 0.208. The van der Waals surface area contributed by atoms with Gasteiger partial charge in [-0.15, -0.1) is 0 Å². The first kappa shape index (κ1) is 17.9. The van der Waals surface area contributed by atoms with E-state index in [4.69, 9.17) is 9.47 Å². The van der Waals surface area contributed by atoms with Gasteiger partial charge in [0.1, 0.15) is 29.8 Å². The monoisotopic (exact) mass is 456 g/mol. The van der Waals surface area contributed by atoms with E-state index in [1.54, 1.807) is 12.3 Å². The largest absolute Gasteiger partial charge is 0.492 e. The lowest BCUT2D eigenvalue weighted by Gasteiger charge is -2.18. The van der Waals surface area contributed by atoms with E-state index in [1.807, 2.05) is 20.2 Å². The zero-order valence-corrected chi connectivity index (χ0v) is 16.0. The number of aromatic amines is 1. The number of nitrogens with one attached hydrogen (secondary N) is 2. The smallest absolute Gasteiger partial charge is 0.233 e. The van der Waals surface area contributed by atoms with Gasteiger partial charge in [-0.05, 0) is 54.8 Å². The molecule has 132 valence electrons. The number of hydrogen-bond acceptors (Lipinski definition) is 5. The molecule has 0 aliphatic heterocycles. The van der Waals surface area contributed by atoms with E-state index in [2.05, 4.69) is 42.9 Å². The van der Waals surface area contributed by atoms with Crippen molar-refractivity contribution in [1.29, 1.82) is 0 Å². The summed E-state index contributed by atoms with van der Waals surface area (Å²) in [6.45, 7) is 3.00. The predicted molar refractivity (Wildman–Crippen MR) is 101 cm³/mol. The van der Waals surface area contributed by atoms with Crippen LogP contribution in [0.4, 0.5) is 4.39 Å². The molecule has 0 spiro atoms. The Balaban J connectivity index is 1.82. The summed E-state index contributed by atoms with van der Waals surface area (Å²) in [5.41, 5.74) is 2.07. The Kier molecular flexibility index (Phi) is 5.69. The summed E-state index contributed by atoms with van der Waals surface area (Å²) in [5.74, 6) is 0.630.